The van der Waals surface area contributed by atoms with Crippen molar-refractivity contribution in [2.75, 3.05) is 41.3 Å². The molecule has 1 aliphatic rings. The molecule has 0 aliphatic carbocycles. The molecule has 8 nitrogen and oxygen atoms in total. The first kappa shape index (κ1) is 18.1. The maximum absolute atomic E-state index is 4.70. The summed E-state index contributed by atoms with van der Waals surface area (Å²) >= 11 is 0. The molecule has 1 fully saturated rings. The Morgan fingerprint density at radius 3 is 2.50 bits per heavy atom. The van der Waals surface area contributed by atoms with Gasteiger partial charge in [-0.05, 0) is 30.5 Å². The van der Waals surface area contributed by atoms with Gasteiger partial charge in [0.25, 0.3) is 0 Å². The Hall–Kier alpha value is -3.29. The van der Waals surface area contributed by atoms with E-state index in [1.165, 1.54) is 11.1 Å². The number of aryl methyl sites for hydroxylation is 2. The molecular formula is C20H24N8. The van der Waals surface area contributed by atoms with Gasteiger partial charge in [0.05, 0.1) is 6.20 Å². The van der Waals surface area contributed by atoms with Crippen LogP contribution in [0.1, 0.15) is 18.1 Å². The minimum Gasteiger partial charge on any atom is -0.352 e. The fraction of sp³-hybridized carbons (Fsp3) is 0.350. The zero-order valence-electron chi connectivity index (χ0n) is 16.2. The molecule has 0 atom stereocenters. The van der Waals surface area contributed by atoms with Crippen molar-refractivity contribution in [1.82, 2.24) is 25.1 Å². The number of rotatable bonds is 5. The summed E-state index contributed by atoms with van der Waals surface area (Å²) in [4.78, 5) is 17.8. The zero-order chi connectivity index (χ0) is 19.3. The largest absolute Gasteiger partial charge is 0.352 e. The van der Waals surface area contributed by atoms with Crippen molar-refractivity contribution in [3.8, 4) is 0 Å². The molecule has 1 aliphatic heterocycles. The highest BCUT2D eigenvalue weighted by Gasteiger charge is 2.20. The average Bonchev–Trinajstić information content (AvgIpc) is 2.76. The number of benzene rings is 1. The van der Waals surface area contributed by atoms with Crippen molar-refractivity contribution in [3.63, 3.8) is 0 Å². The topological polar surface area (TPSA) is 83.0 Å². The Balaban J connectivity index is 1.46. The third kappa shape index (κ3) is 3.85. The van der Waals surface area contributed by atoms with E-state index in [9.17, 15) is 0 Å². The first-order valence-corrected chi connectivity index (χ1v) is 9.56. The average molecular weight is 376 g/mol. The lowest BCUT2D eigenvalue weighted by molar-refractivity contribution is 0.632. The number of hydrogen-bond acceptors (Lipinski definition) is 8. The lowest BCUT2D eigenvalue weighted by Crippen LogP contribution is -2.47. The molecule has 1 aromatic carbocycles. The number of nitrogens with one attached hydrogen (secondary N) is 1. The second kappa shape index (κ2) is 8.16. The van der Waals surface area contributed by atoms with Crippen LogP contribution in [0.5, 0.6) is 0 Å². The van der Waals surface area contributed by atoms with Crippen LogP contribution in [0.15, 0.2) is 42.9 Å². The van der Waals surface area contributed by atoms with Crippen LogP contribution in [0.25, 0.3) is 0 Å². The minimum absolute atomic E-state index is 0.523. The molecule has 1 N–H and O–H groups in total. The van der Waals surface area contributed by atoms with Gasteiger partial charge in [-0.15, -0.1) is 5.10 Å². The van der Waals surface area contributed by atoms with Crippen LogP contribution in [-0.4, -0.2) is 51.3 Å². The van der Waals surface area contributed by atoms with E-state index in [0.29, 0.717) is 5.95 Å². The summed E-state index contributed by atoms with van der Waals surface area (Å²) in [7, 11) is 0. The highest BCUT2D eigenvalue weighted by molar-refractivity contribution is 5.63. The van der Waals surface area contributed by atoms with Crippen LogP contribution in [0.2, 0.25) is 0 Å². The van der Waals surface area contributed by atoms with Gasteiger partial charge in [0, 0.05) is 44.3 Å². The summed E-state index contributed by atoms with van der Waals surface area (Å²) in [6.07, 6.45) is 6.22. The van der Waals surface area contributed by atoms with Gasteiger partial charge in [0.15, 0.2) is 5.82 Å². The Kier molecular flexibility index (Phi) is 5.27. The molecule has 8 heteroatoms. The number of nitrogens with zero attached hydrogens (tertiary/aromatic N) is 7. The van der Waals surface area contributed by atoms with Gasteiger partial charge in [-0.3, -0.25) is 0 Å². The third-order valence-electron chi connectivity index (χ3n) is 4.96. The van der Waals surface area contributed by atoms with E-state index < -0.39 is 0 Å². The van der Waals surface area contributed by atoms with E-state index >= 15 is 0 Å². The SMILES string of the molecule is CCc1cccc(C)c1Nc1nncc(N2CCN(c3ncccn3)CC2)n1. The fourth-order valence-corrected chi connectivity index (χ4v) is 3.40. The van der Waals surface area contributed by atoms with Crippen molar-refractivity contribution in [2.24, 2.45) is 0 Å². The molecule has 144 valence electrons. The smallest absolute Gasteiger partial charge is 0.249 e. The molecule has 2 aromatic heterocycles. The van der Waals surface area contributed by atoms with Crippen LogP contribution < -0.4 is 15.1 Å². The Morgan fingerprint density at radius 1 is 1.00 bits per heavy atom. The van der Waals surface area contributed by atoms with Gasteiger partial charge >= 0.3 is 0 Å². The molecule has 0 saturated carbocycles. The van der Waals surface area contributed by atoms with E-state index in [0.717, 1.165) is 50.1 Å². The Morgan fingerprint density at radius 2 is 1.75 bits per heavy atom. The maximum atomic E-state index is 4.70. The lowest BCUT2D eigenvalue weighted by atomic mass is 10.1. The van der Waals surface area contributed by atoms with Gasteiger partial charge in [-0.1, -0.05) is 25.1 Å². The second-order valence-electron chi connectivity index (χ2n) is 6.75. The van der Waals surface area contributed by atoms with Gasteiger partial charge in [0.2, 0.25) is 11.9 Å². The summed E-state index contributed by atoms with van der Waals surface area (Å²) in [6, 6.07) is 8.12. The van der Waals surface area contributed by atoms with E-state index in [4.69, 9.17) is 4.98 Å². The van der Waals surface area contributed by atoms with Crippen molar-refractivity contribution in [3.05, 3.63) is 54.0 Å². The van der Waals surface area contributed by atoms with E-state index in [1.807, 2.05) is 6.07 Å². The lowest BCUT2D eigenvalue weighted by Gasteiger charge is -2.35. The molecule has 0 unspecified atom stereocenters. The molecular weight excluding hydrogens is 352 g/mol. The van der Waals surface area contributed by atoms with Crippen LogP contribution in [0.4, 0.5) is 23.4 Å². The minimum atomic E-state index is 0.523. The van der Waals surface area contributed by atoms with Crippen LogP contribution >= 0.6 is 0 Å². The summed E-state index contributed by atoms with van der Waals surface area (Å²) in [6.45, 7) is 7.58. The van der Waals surface area contributed by atoms with Crippen LogP contribution in [-0.2, 0) is 6.42 Å². The predicted octanol–water partition coefficient (Wildman–Crippen LogP) is 2.60. The molecule has 0 radical (unpaired) electrons. The highest BCUT2D eigenvalue weighted by atomic mass is 15.4. The number of anilines is 4. The number of para-hydroxylation sites is 1. The molecule has 4 rings (SSSR count). The molecule has 3 aromatic rings. The van der Waals surface area contributed by atoms with Gasteiger partial charge in [-0.2, -0.15) is 10.1 Å². The van der Waals surface area contributed by atoms with Crippen molar-refractivity contribution in [1.29, 1.82) is 0 Å². The maximum Gasteiger partial charge on any atom is 0.249 e. The fourth-order valence-electron chi connectivity index (χ4n) is 3.40. The zero-order valence-corrected chi connectivity index (χ0v) is 16.2. The third-order valence-corrected chi connectivity index (χ3v) is 4.96. The van der Waals surface area contributed by atoms with E-state index in [2.05, 4.69) is 67.3 Å². The summed E-state index contributed by atoms with van der Waals surface area (Å²) in [5.41, 5.74) is 3.48. The first-order chi connectivity index (χ1) is 13.7. The molecule has 1 saturated heterocycles. The quantitative estimate of drug-likeness (QED) is 0.728. The number of piperazine rings is 1. The first-order valence-electron chi connectivity index (χ1n) is 9.56. The van der Waals surface area contributed by atoms with E-state index in [-0.39, 0.29) is 0 Å². The Labute approximate surface area is 164 Å². The summed E-state index contributed by atoms with van der Waals surface area (Å²) in [5, 5.41) is 11.7. The van der Waals surface area contributed by atoms with Crippen molar-refractivity contribution >= 4 is 23.4 Å². The summed E-state index contributed by atoms with van der Waals surface area (Å²) < 4.78 is 0. The molecule has 3 heterocycles. The molecule has 0 bridgehead atoms. The Bertz CT molecular complexity index is 922. The normalized spacial score (nSPS) is 14.2. The second-order valence-corrected chi connectivity index (χ2v) is 6.75. The van der Waals surface area contributed by atoms with Crippen LogP contribution in [0.3, 0.4) is 0 Å². The predicted molar refractivity (Wildman–Crippen MR) is 110 cm³/mol. The van der Waals surface area contributed by atoms with Crippen LogP contribution in [0, 0.1) is 6.92 Å². The number of aromatic nitrogens is 5. The van der Waals surface area contributed by atoms with Gasteiger partial charge < -0.3 is 15.1 Å². The standard InChI is InChI=1S/C20H24N8/c1-3-16-7-4-6-15(2)18(16)25-19-24-17(14-23-26-19)27-10-12-28(13-11-27)20-21-8-5-9-22-20/h4-9,14H,3,10-13H2,1-2H3,(H,24,25,26). The molecule has 28 heavy (non-hydrogen) atoms. The van der Waals surface area contributed by atoms with E-state index in [1.54, 1.807) is 18.6 Å². The van der Waals surface area contributed by atoms with Crippen molar-refractivity contribution < 1.29 is 0 Å². The molecule has 0 amide bonds. The summed E-state index contributed by atoms with van der Waals surface area (Å²) in [5.74, 6) is 2.13. The number of hydrogen-bond donors (Lipinski definition) is 1. The highest BCUT2D eigenvalue weighted by Crippen LogP contribution is 2.24. The molecule has 0 spiro atoms. The van der Waals surface area contributed by atoms with Gasteiger partial charge in [0.1, 0.15) is 0 Å². The monoisotopic (exact) mass is 376 g/mol. The van der Waals surface area contributed by atoms with Crippen molar-refractivity contribution in [2.45, 2.75) is 20.3 Å². The van der Waals surface area contributed by atoms with Gasteiger partial charge in [-0.25, -0.2) is 9.97 Å².